The van der Waals surface area contributed by atoms with Crippen molar-refractivity contribution in [2.24, 2.45) is 5.10 Å². The maximum absolute atomic E-state index is 12.8. The zero-order valence-corrected chi connectivity index (χ0v) is 18.0. The second kappa shape index (κ2) is 8.13. The fourth-order valence-electron chi connectivity index (χ4n) is 2.94. The lowest BCUT2D eigenvalue weighted by atomic mass is 9.78. The summed E-state index contributed by atoms with van der Waals surface area (Å²) in [6, 6.07) is 7.71. The average molecular weight is 420 g/mol. The molecule has 162 valence electrons. The molecule has 0 radical (unpaired) electrons. The molecule has 2 aromatic carbocycles. The number of benzene rings is 2. The summed E-state index contributed by atoms with van der Waals surface area (Å²) >= 11 is 0. The maximum Gasteiger partial charge on any atom is 0.416 e. The SMILES string of the molecule is CC(C)(C)c1cc(/C=N\NC(=O)c2cccc(C(F)(F)F)c2)cc(C(C)(C)C)c1O. The summed E-state index contributed by atoms with van der Waals surface area (Å²) in [5.74, 6) is -0.525. The van der Waals surface area contributed by atoms with Gasteiger partial charge < -0.3 is 5.11 Å². The molecule has 0 spiro atoms. The molecule has 0 aliphatic carbocycles. The Morgan fingerprint density at radius 3 is 1.97 bits per heavy atom. The summed E-state index contributed by atoms with van der Waals surface area (Å²) < 4.78 is 38.5. The molecule has 0 heterocycles. The fraction of sp³-hybridized carbons (Fsp3) is 0.391. The van der Waals surface area contributed by atoms with Gasteiger partial charge in [-0.15, -0.1) is 0 Å². The number of carbonyl (C=O) groups is 1. The molecule has 2 aromatic rings. The zero-order valence-electron chi connectivity index (χ0n) is 18.0. The number of hydrogen-bond donors (Lipinski definition) is 2. The predicted octanol–water partition coefficient (Wildman–Crippen LogP) is 5.77. The van der Waals surface area contributed by atoms with E-state index in [4.69, 9.17) is 0 Å². The minimum absolute atomic E-state index is 0.140. The van der Waals surface area contributed by atoms with Crippen LogP contribution in [0.25, 0.3) is 0 Å². The molecule has 2 N–H and O–H groups in total. The second-order valence-electron chi connectivity index (χ2n) is 9.24. The highest BCUT2D eigenvalue weighted by atomic mass is 19.4. The smallest absolute Gasteiger partial charge is 0.416 e. The molecule has 4 nitrogen and oxygen atoms in total. The standard InChI is InChI=1S/C23H27F3N2O2/c1-21(2,3)17-10-14(11-18(19(17)29)22(4,5)6)13-27-28-20(30)15-8-7-9-16(12-15)23(24,25)26/h7-13,29H,1-6H3,(H,28,30)/b27-13-. The van der Waals surface area contributed by atoms with E-state index in [1.165, 1.54) is 18.3 Å². The van der Waals surface area contributed by atoms with Gasteiger partial charge in [0, 0.05) is 16.7 Å². The van der Waals surface area contributed by atoms with Crippen LogP contribution in [0.5, 0.6) is 5.75 Å². The van der Waals surface area contributed by atoms with Crippen LogP contribution in [0.15, 0.2) is 41.5 Å². The van der Waals surface area contributed by atoms with Crippen LogP contribution >= 0.6 is 0 Å². The highest BCUT2D eigenvalue weighted by molar-refractivity contribution is 5.95. The molecule has 0 aliphatic heterocycles. The van der Waals surface area contributed by atoms with Gasteiger partial charge in [-0.3, -0.25) is 4.79 Å². The van der Waals surface area contributed by atoms with E-state index >= 15 is 0 Å². The van der Waals surface area contributed by atoms with Crippen molar-refractivity contribution in [1.29, 1.82) is 0 Å². The van der Waals surface area contributed by atoms with E-state index < -0.39 is 17.6 Å². The number of halogens is 3. The first-order valence-electron chi connectivity index (χ1n) is 9.49. The number of phenols is 1. The van der Waals surface area contributed by atoms with E-state index in [2.05, 4.69) is 10.5 Å². The summed E-state index contributed by atoms with van der Waals surface area (Å²) in [7, 11) is 0. The third-order valence-corrected chi connectivity index (χ3v) is 4.58. The predicted molar refractivity (Wildman–Crippen MR) is 112 cm³/mol. The molecule has 2 rings (SSSR count). The normalized spacial score (nSPS) is 13.0. The topological polar surface area (TPSA) is 61.7 Å². The lowest BCUT2D eigenvalue weighted by Gasteiger charge is -2.27. The number of phenolic OH excluding ortho intramolecular Hbond substituents is 1. The van der Waals surface area contributed by atoms with Gasteiger partial charge >= 0.3 is 6.18 Å². The molecule has 1 amide bonds. The monoisotopic (exact) mass is 420 g/mol. The number of nitrogens with zero attached hydrogens (tertiary/aromatic N) is 1. The molecule has 0 unspecified atom stereocenters. The minimum Gasteiger partial charge on any atom is -0.507 e. The van der Waals surface area contributed by atoms with Crippen LogP contribution in [0.3, 0.4) is 0 Å². The van der Waals surface area contributed by atoms with Crippen LogP contribution in [-0.2, 0) is 17.0 Å². The molecule has 0 atom stereocenters. The zero-order chi connectivity index (χ0) is 22.9. The number of aromatic hydroxyl groups is 1. The van der Waals surface area contributed by atoms with Gasteiger partial charge in [0.15, 0.2) is 0 Å². The second-order valence-corrected chi connectivity index (χ2v) is 9.24. The van der Waals surface area contributed by atoms with Crippen LogP contribution in [0, 0.1) is 0 Å². The molecule has 30 heavy (non-hydrogen) atoms. The molecule has 0 aromatic heterocycles. The van der Waals surface area contributed by atoms with Crippen LogP contribution in [-0.4, -0.2) is 17.2 Å². The molecule has 0 bridgehead atoms. The number of nitrogens with one attached hydrogen (secondary N) is 1. The Labute approximate surface area is 174 Å². The van der Waals surface area contributed by atoms with E-state index in [0.717, 1.165) is 23.3 Å². The van der Waals surface area contributed by atoms with Crippen molar-refractivity contribution in [1.82, 2.24) is 5.43 Å². The minimum atomic E-state index is -4.53. The third-order valence-electron chi connectivity index (χ3n) is 4.58. The Balaban J connectivity index is 2.31. The number of rotatable bonds is 3. The van der Waals surface area contributed by atoms with Crippen molar-refractivity contribution in [3.8, 4) is 5.75 Å². The van der Waals surface area contributed by atoms with Crippen LogP contribution in [0.4, 0.5) is 13.2 Å². The van der Waals surface area contributed by atoms with Crippen LogP contribution < -0.4 is 5.43 Å². The first-order valence-corrected chi connectivity index (χ1v) is 9.49. The van der Waals surface area contributed by atoms with Crippen molar-refractivity contribution in [2.75, 3.05) is 0 Å². The van der Waals surface area contributed by atoms with E-state index in [1.54, 1.807) is 12.1 Å². The van der Waals surface area contributed by atoms with Crippen LogP contribution in [0.2, 0.25) is 0 Å². The highest BCUT2D eigenvalue weighted by Crippen LogP contribution is 2.39. The van der Waals surface area contributed by atoms with Gasteiger partial charge in [-0.2, -0.15) is 18.3 Å². The number of hydrogen-bond acceptors (Lipinski definition) is 3. The molecule has 0 saturated heterocycles. The summed E-state index contributed by atoms with van der Waals surface area (Å²) in [5.41, 5.74) is 2.70. The van der Waals surface area contributed by atoms with E-state index in [-0.39, 0.29) is 22.1 Å². The number of hydrazone groups is 1. The molecule has 0 fully saturated rings. The van der Waals surface area contributed by atoms with Crippen molar-refractivity contribution in [2.45, 2.75) is 58.5 Å². The largest absolute Gasteiger partial charge is 0.507 e. The number of alkyl halides is 3. The highest BCUT2D eigenvalue weighted by Gasteiger charge is 2.31. The molecular formula is C23H27F3N2O2. The van der Waals surface area contributed by atoms with Gasteiger partial charge in [-0.1, -0.05) is 47.6 Å². The Morgan fingerprint density at radius 1 is 0.967 bits per heavy atom. The van der Waals surface area contributed by atoms with Crippen LogP contribution in [0.1, 0.15) is 74.2 Å². The summed E-state index contributed by atoms with van der Waals surface area (Å²) in [6.07, 6.45) is -3.12. The summed E-state index contributed by atoms with van der Waals surface area (Å²) in [6.45, 7) is 11.9. The number of carbonyl (C=O) groups excluding carboxylic acids is 1. The Kier molecular flexibility index (Phi) is 6.35. The molecular weight excluding hydrogens is 393 g/mol. The van der Waals surface area contributed by atoms with Gasteiger partial charge in [0.25, 0.3) is 5.91 Å². The first-order chi connectivity index (χ1) is 13.6. The Bertz CT molecular complexity index is 931. The van der Waals surface area contributed by atoms with Crippen molar-refractivity contribution < 1.29 is 23.1 Å². The summed E-state index contributed by atoms with van der Waals surface area (Å²) in [4.78, 5) is 12.2. The van der Waals surface area contributed by atoms with Gasteiger partial charge in [0.2, 0.25) is 0 Å². The molecule has 0 aliphatic rings. The van der Waals surface area contributed by atoms with Gasteiger partial charge in [0.1, 0.15) is 5.75 Å². The van der Waals surface area contributed by atoms with Gasteiger partial charge in [0.05, 0.1) is 11.8 Å². The lowest BCUT2D eigenvalue weighted by molar-refractivity contribution is -0.137. The van der Waals surface area contributed by atoms with Crippen molar-refractivity contribution in [3.63, 3.8) is 0 Å². The van der Waals surface area contributed by atoms with Crippen molar-refractivity contribution >= 4 is 12.1 Å². The van der Waals surface area contributed by atoms with Gasteiger partial charge in [-0.25, -0.2) is 5.43 Å². The van der Waals surface area contributed by atoms with Crippen molar-refractivity contribution in [3.05, 3.63) is 64.2 Å². The number of amides is 1. The van der Waals surface area contributed by atoms with Gasteiger partial charge in [-0.05, 0) is 46.7 Å². The third kappa shape index (κ3) is 5.62. The Hall–Kier alpha value is -2.83. The lowest BCUT2D eigenvalue weighted by Crippen LogP contribution is -2.19. The average Bonchev–Trinajstić information content (AvgIpc) is 2.60. The Morgan fingerprint density at radius 2 is 1.50 bits per heavy atom. The van der Waals surface area contributed by atoms with E-state index in [9.17, 15) is 23.1 Å². The van der Waals surface area contributed by atoms with E-state index in [1.807, 2.05) is 41.5 Å². The molecule has 7 heteroatoms. The maximum atomic E-state index is 12.8. The molecule has 0 saturated carbocycles. The van der Waals surface area contributed by atoms with E-state index in [0.29, 0.717) is 5.56 Å². The summed E-state index contributed by atoms with van der Waals surface area (Å²) in [5, 5.41) is 14.6. The fourth-order valence-corrected chi connectivity index (χ4v) is 2.94. The quantitative estimate of drug-likeness (QED) is 0.489. The first kappa shape index (κ1) is 23.4.